The van der Waals surface area contributed by atoms with Gasteiger partial charge in [-0.05, 0) is 24.6 Å². The molecule has 5 nitrogen and oxygen atoms in total. The van der Waals surface area contributed by atoms with Crippen LogP contribution in [0.4, 0.5) is 0 Å². The third-order valence-corrected chi connectivity index (χ3v) is 3.17. The lowest BCUT2D eigenvalue weighted by molar-refractivity contribution is -0.149. The van der Waals surface area contributed by atoms with Crippen molar-refractivity contribution >= 4 is 18.0 Å². The van der Waals surface area contributed by atoms with E-state index < -0.39 is 11.9 Å². The van der Waals surface area contributed by atoms with Gasteiger partial charge in [-0.2, -0.15) is 0 Å². The van der Waals surface area contributed by atoms with Crippen LogP contribution in [0.15, 0.2) is 60.4 Å². The maximum atomic E-state index is 12.0. The highest BCUT2D eigenvalue weighted by Crippen LogP contribution is 2.23. The van der Waals surface area contributed by atoms with Crippen LogP contribution < -0.4 is 4.74 Å². The summed E-state index contributed by atoms with van der Waals surface area (Å²) >= 11 is 0. The van der Waals surface area contributed by atoms with E-state index >= 15 is 0 Å². The minimum atomic E-state index is -0.699. The number of benzene rings is 2. The Labute approximate surface area is 146 Å². The molecule has 25 heavy (non-hydrogen) atoms. The van der Waals surface area contributed by atoms with Gasteiger partial charge in [-0.25, -0.2) is 4.79 Å². The van der Waals surface area contributed by atoms with E-state index in [1.54, 1.807) is 25.1 Å². The highest BCUT2D eigenvalue weighted by Gasteiger charge is 2.16. The minimum absolute atomic E-state index is 0.176. The molecule has 0 N–H and O–H groups in total. The van der Waals surface area contributed by atoms with Gasteiger partial charge >= 0.3 is 11.9 Å². The fourth-order valence-electron chi connectivity index (χ4n) is 2.09. The van der Waals surface area contributed by atoms with Crippen LogP contribution in [0.1, 0.15) is 25.0 Å². The zero-order chi connectivity index (χ0) is 18.1. The number of para-hydroxylation sites is 1. The Balaban J connectivity index is 2.24. The number of ether oxygens (including phenoxy) is 3. The Morgan fingerprint density at radius 2 is 1.68 bits per heavy atom. The minimum Gasteiger partial charge on any atom is -0.488 e. The van der Waals surface area contributed by atoms with Crippen molar-refractivity contribution in [1.82, 2.24) is 0 Å². The first kappa shape index (κ1) is 18.3. The summed E-state index contributed by atoms with van der Waals surface area (Å²) in [6.07, 6.45) is 1.44. The molecule has 0 heterocycles. The molecule has 0 saturated carbocycles. The lowest BCUT2D eigenvalue weighted by atomic mass is 10.1. The van der Waals surface area contributed by atoms with Gasteiger partial charge in [-0.15, -0.1) is 0 Å². The molecule has 0 aromatic heterocycles. The topological polar surface area (TPSA) is 61.8 Å². The summed E-state index contributed by atoms with van der Waals surface area (Å²) in [6.45, 7) is 3.47. The second-order valence-electron chi connectivity index (χ2n) is 5.13. The Hall–Kier alpha value is -3.08. The molecule has 130 valence electrons. The zero-order valence-corrected chi connectivity index (χ0v) is 14.2. The molecule has 0 amide bonds. The van der Waals surface area contributed by atoms with Gasteiger partial charge in [0.15, 0.2) is 0 Å². The first-order valence-electron chi connectivity index (χ1n) is 7.93. The van der Waals surface area contributed by atoms with Crippen molar-refractivity contribution in [1.29, 1.82) is 0 Å². The molecule has 0 aliphatic carbocycles. The maximum absolute atomic E-state index is 12.0. The molecule has 2 aromatic carbocycles. The van der Waals surface area contributed by atoms with Crippen molar-refractivity contribution < 1.29 is 23.8 Å². The van der Waals surface area contributed by atoms with Crippen LogP contribution in [0.5, 0.6) is 5.75 Å². The Kier molecular flexibility index (Phi) is 6.77. The van der Waals surface area contributed by atoms with E-state index in [9.17, 15) is 9.59 Å². The summed E-state index contributed by atoms with van der Waals surface area (Å²) in [5, 5.41) is 0. The first-order chi connectivity index (χ1) is 12.1. The fraction of sp³-hybridized carbons (Fsp3) is 0.200. The first-order valence-corrected chi connectivity index (χ1v) is 7.93. The molecule has 0 bridgehead atoms. The van der Waals surface area contributed by atoms with Gasteiger partial charge in [0.1, 0.15) is 12.4 Å². The quantitative estimate of drug-likeness (QED) is 0.436. The van der Waals surface area contributed by atoms with Gasteiger partial charge in [0.05, 0.1) is 6.61 Å². The van der Waals surface area contributed by atoms with Crippen molar-refractivity contribution in [3.63, 3.8) is 0 Å². The molecule has 0 aliphatic rings. The molecule has 0 unspecified atom stereocenters. The van der Waals surface area contributed by atoms with Gasteiger partial charge < -0.3 is 14.2 Å². The summed E-state index contributed by atoms with van der Waals surface area (Å²) in [6, 6.07) is 16.9. The molecule has 2 aromatic rings. The summed E-state index contributed by atoms with van der Waals surface area (Å²) in [7, 11) is 0. The molecule has 0 aliphatic heterocycles. The maximum Gasteiger partial charge on any atom is 0.374 e. The number of carbonyl (C=O) groups excluding carboxylic acids is 2. The third kappa shape index (κ3) is 5.80. The zero-order valence-electron chi connectivity index (χ0n) is 14.2. The molecule has 5 heteroatoms. The van der Waals surface area contributed by atoms with E-state index in [1.807, 2.05) is 36.4 Å². The Morgan fingerprint density at radius 3 is 2.36 bits per heavy atom. The van der Waals surface area contributed by atoms with Gasteiger partial charge in [-0.1, -0.05) is 48.5 Å². The van der Waals surface area contributed by atoms with Crippen LogP contribution in [-0.2, 0) is 25.7 Å². The fourth-order valence-corrected chi connectivity index (χ4v) is 2.09. The molecule has 0 fully saturated rings. The predicted molar refractivity (Wildman–Crippen MR) is 93.6 cm³/mol. The van der Waals surface area contributed by atoms with E-state index in [0.717, 1.165) is 5.56 Å². The second kappa shape index (κ2) is 9.27. The molecule has 0 atom stereocenters. The number of esters is 2. The van der Waals surface area contributed by atoms with E-state index in [2.05, 4.69) is 0 Å². The second-order valence-corrected chi connectivity index (χ2v) is 5.13. The van der Waals surface area contributed by atoms with Crippen LogP contribution >= 0.6 is 0 Å². The SMILES string of the molecule is CCOC(=O)/C(=C\c1ccccc1OCc1ccccc1)OC(C)=O. The molecule has 0 spiro atoms. The molecular weight excluding hydrogens is 320 g/mol. The lowest BCUT2D eigenvalue weighted by Gasteiger charge is -2.11. The van der Waals surface area contributed by atoms with Crippen molar-refractivity contribution in [2.45, 2.75) is 20.5 Å². The van der Waals surface area contributed by atoms with Gasteiger partial charge in [0, 0.05) is 12.5 Å². The molecule has 0 radical (unpaired) electrons. The standard InChI is InChI=1S/C20H20O5/c1-3-23-20(22)19(25-15(2)21)13-17-11-7-8-12-18(17)24-14-16-9-5-4-6-10-16/h4-13H,3,14H2,1-2H3/b19-13+. The van der Waals surface area contributed by atoms with E-state index in [1.165, 1.54) is 13.0 Å². The average molecular weight is 340 g/mol. The van der Waals surface area contributed by atoms with Gasteiger partial charge in [-0.3, -0.25) is 4.79 Å². The predicted octanol–water partition coefficient (Wildman–Crippen LogP) is 3.73. The van der Waals surface area contributed by atoms with Crippen molar-refractivity contribution in [2.75, 3.05) is 6.61 Å². The van der Waals surface area contributed by atoms with E-state index in [0.29, 0.717) is 17.9 Å². The molecule has 2 rings (SSSR count). The van der Waals surface area contributed by atoms with E-state index in [-0.39, 0.29) is 12.4 Å². The highest BCUT2D eigenvalue weighted by atomic mass is 16.6. The molecule has 0 saturated heterocycles. The summed E-state index contributed by atoms with van der Waals surface area (Å²) < 4.78 is 15.7. The van der Waals surface area contributed by atoms with Crippen molar-refractivity contribution in [3.05, 3.63) is 71.5 Å². The Morgan fingerprint density at radius 1 is 1.00 bits per heavy atom. The van der Waals surface area contributed by atoms with Crippen LogP contribution in [0, 0.1) is 0 Å². The van der Waals surface area contributed by atoms with Crippen LogP contribution in [0.25, 0.3) is 6.08 Å². The number of hydrogen-bond donors (Lipinski definition) is 0. The number of hydrogen-bond acceptors (Lipinski definition) is 5. The van der Waals surface area contributed by atoms with E-state index in [4.69, 9.17) is 14.2 Å². The molecular formula is C20H20O5. The van der Waals surface area contributed by atoms with Crippen molar-refractivity contribution in [2.24, 2.45) is 0 Å². The number of rotatable bonds is 7. The summed E-state index contributed by atoms with van der Waals surface area (Å²) in [5.41, 5.74) is 1.63. The summed E-state index contributed by atoms with van der Waals surface area (Å²) in [5.74, 6) is -0.900. The third-order valence-electron chi connectivity index (χ3n) is 3.17. The smallest absolute Gasteiger partial charge is 0.374 e. The van der Waals surface area contributed by atoms with Gasteiger partial charge in [0.25, 0.3) is 0 Å². The largest absolute Gasteiger partial charge is 0.488 e. The lowest BCUT2D eigenvalue weighted by Crippen LogP contribution is -2.13. The number of carbonyl (C=O) groups is 2. The van der Waals surface area contributed by atoms with Gasteiger partial charge in [0.2, 0.25) is 5.76 Å². The van der Waals surface area contributed by atoms with Crippen LogP contribution in [0.3, 0.4) is 0 Å². The van der Waals surface area contributed by atoms with Crippen molar-refractivity contribution in [3.8, 4) is 5.75 Å². The van der Waals surface area contributed by atoms with Crippen LogP contribution in [-0.4, -0.2) is 18.5 Å². The monoisotopic (exact) mass is 340 g/mol. The highest BCUT2D eigenvalue weighted by molar-refractivity contribution is 5.94. The normalized spacial score (nSPS) is 10.9. The van der Waals surface area contributed by atoms with Crippen LogP contribution in [0.2, 0.25) is 0 Å². The summed E-state index contributed by atoms with van der Waals surface area (Å²) in [4.78, 5) is 23.2. The average Bonchev–Trinajstić information content (AvgIpc) is 2.61. The Bertz CT molecular complexity index is 750.